The van der Waals surface area contributed by atoms with Gasteiger partial charge in [-0.3, -0.25) is 9.52 Å². The Bertz CT molecular complexity index is 1100. The number of sulfonamides is 1. The van der Waals surface area contributed by atoms with E-state index in [4.69, 9.17) is 23.2 Å². The number of benzene rings is 3. The number of carbonyl (C=O) groups excluding carboxylic acids is 1. The van der Waals surface area contributed by atoms with Crippen LogP contribution in [0.15, 0.2) is 77.7 Å². The smallest absolute Gasteiger partial charge is 0.261 e. The molecule has 2 N–H and O–H groups in total. The van der Waals surface area contributed by atoms with E-state index in [-0.39, 0.29) is 33.6 Å². The van der Waals surface area contributed by atoms with Crippen molar-refractivity contribution in [3.63, 3.8) is 0 Å². The van der Waals surface area contributed by atoms with E-state index < -0.39 is 10.0 Å². The summed E-state index contributed by atoms with van der Waals surface area (Å²) in [4.78, 5) is 12.5. The first-order valence-electron chi connectivity index (χ1n) is 8.25. The van der Waals surface area contributed by atoms with Crippen molar-refractivity contribution in [2.45, 2.75) is 11.4 Å². The Balaban J connectivity index is 1.70. The molecule has 5 nitrogen and oxygen atoms in total. The van der Waals surface area contributed by atoms with Gasteiger partial charge in [0.2, 0.25) is 0 Å². The third-order valence-corrected chi connectivity index (χ3v) is 5.81. The largest absolute Gasteiger partial charge is 0.348 e. The van der Waals surface area contributed by atoms with Gasteiger partial charge in [0, 0.05) is 11.6 Å². The van der Waals surface area contributed by atoms with Crippen LogP contribution in [0, 0.1) is 0 Å². The van der Waals surface area contributed by atoms with Crippen molar-refractivity contribution in [3.05, 3.63) is 94.0 Å². The highest BCUT2D eigenvalue weighted by molar-refractivity contribution is 7.92. The molecule has 0 spiro atoms. The molecular weight excluding hydrogens is 419 g/mol. The van der Waals surface area contributed by atoms with E-state index in [1.165, 1.54) is 30.3 Å². The van der Waals surface area contributed by atoms with Crippen LogP contribution in [0.25, 0.3) is 0 Å². The zero-order chi connectivity index (χ0) is 20.1. The Labute approximate surface area is 173 Å². The summed E-state index contributed by atoms with van der Waals surface area (Å²) in [5.74, 6) is -0.373. The fourth-order valence-electron chi connectivity index (χ4n) is 2.50. The van der Waals surface area contributed by atoms with Gasteiger partial charge in [-0.25, -0.2) is 8.42 Å². The first-order valence-corrected chi connectivity index (χ1v) is 10.5. The third kappa shape index (κ3) is 5.04. The Morgan fingerprint density at radius 3 is 2.32 bits per heavy atom. The summed E-state index contributed by atoms with van der Waals surface area (Å²) in [5, 5.41) is 3.48. The lowest BCUT2D eigenvalue weighted by Gasteiger charge is -2.11. The van der Waals surface area contributed by atoms with Crippen molar-refractivity contribution in [2.24, 2.45) is 0 Å². The number of amides is 1. The van der Waals surface area contributed by atoms with Crippen LogP contribution in [0.5, 0.6) is 0 Å². The van der Waals surface area contributed by atoms with Crippen LogP contribution < -0.4 is 10.0 Å². The average molecular weight is 435 g/mol. The Kier molecular flexibility index (Phi) is 6.24. The van der Waals surface area contributed by atoms with Crippen molar-refractivity contribution in [3.8, 4) is 0 Å². The van der Waals surface area contributed by atoms with E-state index in [1.807, 2.05) is 6.07 Å². The summed E-state index contributed by atoms with van der Waals surface area (Å²) < 4.78 is 27.2. The van der Waals surface area contributed by atoms with Crippen LogP contribution in [0.4, 0.5) is 5.69 Å². The predicted octanol–water partition coefficient (Wildman–Crippen LogP) is 4.72. The standard InChI is InChI=1S/C20H16Cl2N2O3S/c21-15-6-4-5-14(11-15)13-23-20(25)18-10-9-16(12-19(18)22)24-28(26,27)17-7-2-1-3-8-17/h1-12,24H,13H2,(H,23,25). The van der Waals surface area contributed by atoms with Gasteiger partial charge in [-0.1, -0.05) is 53.5 Å². The van der Waals surface area contributed by atoms with E-state index in [2.05, 4.69) is 10.0 Å². The molecule has 144 valence electrons. The van der Waals surface area contributed by atoms with Crippen molar-refractivity contribution in [2.75, 3.05) is 4.72 Å². The molecule has 0 aliphatic rings. The Hall–Kier alpha value is -2.54. The molecule has 0 aliphatic carbocycles. The molecule has 3 aromatic rings. The SMILES string of the molecule is O=C(NCc1cccc(Cl)c1)c1ccc(NS(=O)(=O)c2ccccc2)cc1Cl. The highest BCUT2D eigenvalue weighted by Gasteiger charge is 2.16. The second kappa shape index (κ2) is 8.65. The van der Waals surface area contributed by atoms with Gasteiger partial charge in [-0.05, 0) is 48.0 Å². The molecule has 1 amide bonds. The van der Waals surface area contributed by atoms with Gasteiger partial charge in [0.15, 0.2) is 0 Å². The van der Waals surface area contributed by atoms with Gasteiger partial charge in [-0.15, -0.1) is 0 Å². The summed E-state index contributed by atoms with van der Waals surface area (Å²) >= 11 is 12.1. The first kappa shape index (κ1) is 20.2. The van der Waals surface area contributed by atoms with Crippen LogP contribution in [-0.4, -0.2) is 14.3 Å². The monoisotopic (exact) mass is 434 g/mol. The highest BCUT2D eigenvalue weighted by atomic mass is 35.5. The van der Waals surface area contributed by atoms with Crippen molar-refractivity contribution in [1.82, 2.24) is 5.32 Å². The zero-order valence-electron chi connectivity index (χ0n) is 14.5. The van der Waals surface area contributed by atoms with Crippen LogP contribution >= 0.6 is 23.2 Å². The van der Waals surface area contributed by atoms with Crippen LogP contribution in [-0.2, 0) is 16.6 Å². The summed E-state index contributed by atoms with van der Waals surface area (Å²) in [5.41, 5.74) is 1.36. The molecule has 28 heavy (non-hydrogen) atoms. The highest BCUT2D eigenvalue weighted by Crippen LogP contribution is 2.23. The molecule has 8 heteroatoms. The van der Waals surface area contributed by atoms with E-state index in [9.17, 15) is 13.2 Å². The fraction of sp³-hybridized carbons (Fsp3) is 0.0500. The molecule has 0 saturated carbocycles. The maximum absolute atomic E-state index is 12.4. The van der Waals surface area contributed by atoms with Crippen molar-refractivity contribution < 1.29 is 13.2 Å². The Morgan fingerprint density at radius 1 is 0.893 bits per heavy atom. The molecule has 0 unspecified atom stereocenters. The normalized spacial score (nSPS) is 11.1. The number of anilines is 1. The van der Waals surface area contributed by atoms with Crippen LogP contribution in [0.2, 0.25) is 10.0 Å². The molecule has 0 aromatic heterocycles. The van der Waals surface area contributed by atoms with Gasteiger partial charge in [0.25, 0.3) is 15.9 Å². The van der Waals surface area contributed by atoms with Gasteiger partial charge < -0.3 is 5.32 Å². The lowest BCUT2D eigenvalue weighted by Crippen LogP contribution is -2.23. The second-order valence-corrected chi connectivity index (χ2v) is 8.45. The van der Waals surface area contributed by atoms with Gasteiger partial charge in [-0.2, -0.15) is 0 Å². The minimum Gasteiger partial charge on any atom is -0.348 e. The lowest BCUT2D eigenvalue weighted by molar-refractivity contribution is 0.0951. The van der Waals surface area contributed by atoms with Gasteiger partial charge in [0.05, 0.1) is 21.2 Å². The summed E-state index contributed by atoms with van der Waals surface area (Å²) in [6, 6.07) is 19.5. The number of halogens is 2. The fourth-order valence-corrected chi connectivity index (χ4v) is 4.05. The molecule has 0 radical (unpaired) electrons. The van der Waals surface area contributed by atoms with E-state index in [1.54, 1.807) is 36.4 Å². The Morgan fingerprint density at radius 2 is 1.64 bits per heavy atom. The molecule has 0 aliphatic heterocycles. The van der Waals surface area contributed by atoms with Crippen molar-refractivity contribution in [1.29, 1.82) is 0 Å². The maximum Gasteiger partial charge on any atom is 0.261 e. The molecule has 3 aromatic carbocycles. The predicted molar refractivity (Wildman–Crippen MR) is 111 cm³/mol. The number of hydrogen-bond acceptors (Lipinski definition) is 3. The molecule has 0 heterocycles. The maximum atomic E-state index is 12.4. The minimum atomic E-state index is -3.74. The number of rotatable bonds is 6. The van der Waals surface area contributed by atoms with E-state index in [0.29, 0.717) is 5.02 Å². The molecule has 0 fully saturated rings. The van der Waals surface area contributed by atoms with Crippen LogP contribution in [0.3, 0.4) is 0 Å². The lowest BCUT2D eigenvalue weighted by atomic mass is 10.1. The number of carbonyl (C=O) groups is 1. The summed E-state index contributed by atoms with van der Waals surface area (Å²) in [7, 11) is -3.74. The molecule has 3 rings (SSSR count). The molecule has 0 bridgehead atoms. The molecule has 0 atom stereocenters. The third-order valence-electron chi connectivity index (χ3n) is 3.86. The zero-order valence-corrected chi connectivity index (χ0v) is 16.9. The quantitative estimate of drug-likeness (QED) is 0.588. The first-order chi connectivity index (χ1) is 13.3. The van der Waals surface area contributed by atoms with Crippen molar-refractivity contribution >= 4 is 44.8 Å². The minimum absolute atomic E-state index is 0.134. The van der Waals surface area contributed by atoms with E-state index >= 15 is 0 Å². The number of nitrogens with one attached hydrogen (secondary N) is 2. The number of hydrogen-bond donors (Lipinski definition) is 2. The average Bonchev–Trinajstić information content (AvgIpc) is 2.67. The summed E-state index contributed by atoms with van der Waals surface area (Å²) in [6.45, 7) is 0.290. The van der Waals surface area contributed by atoms with Gasteiger partial charge >= 0.3 is 0 Å². The topological polar surface area (TPSA) is 75.3 Å². The van der Waals surface area contributed by atoms with E-state index in [0.717, 1.165) is 5.56 Å². The summed E-state index contributed by atoms with van der Waals surface area (Å²) in [6.07, 6.45) is 0. The molecular formula is C20H16Cl2N2O3S. The molecule has 0 saturated heterocycles. The second-order valence-electron chi connectivity index (χ2n) is 5.93. The van der Waals surface area contributed by atoms with Crippen LogP contribution in [0.1, 0.15) is 15.9 Å². The van der Waals surface area contributed by atoms with Gasteiger partial charge in [0.1, 0.15) is 0 Å².